The van der Waals surface area contributed by atoms with Crippen LogP contribution in [0.1, 0.15) is 16.1 Å². The molecule has 3 rings (SSSR count). The molecular formula is C14H16N8O. The van der Waals surface area contributed by atoms with Gasteiger partial charge in [0.15, 0.2) is 5.82 Å². The molecule has 0 aliphatic heterocycles. The number of carbonyl (C=O) groups is 1. The number of nitrogens with one attached hydrogen (secondary N) is 2. The van der Waals surface area contributed by atoms with E-state index in [0.29, 0.717) is 11.4 Å². The highest BCUT2D eigenvalue weighted by molar-refractivity contribution is 6.03. The molecule has 2 heterocycles. The SMILES string of the molecule is CN(C)Cc1cc(NC(=O)c2ccc(-n3cnnn3)cc2)n[nH]1. The molecule has 118 valence electrons. The number of amides is 1. The first-order valence-corrected chi connectivity index (χ1v) is 6.95. The summed E-state index contributed by atoms with van der Waals surface area (Å²) in [6.07, 6.45) is 1.49. The lowest BCUT2D eigenvalue weighted by Gasteiger charge is -2.05. The number of hydrogen-bond donors (Lipinski definition) is 2. The molecule has 9 nitrogen and oxygen atoms in total. The van der Waals surface area contributed by atoms with E-state index in [1.807, 2.05) is 25.1 Å². The second kappa shape index (κ2) is 6.36. The maximum atomic E-state index is 12.2. The number of nitrogens with zero attached hydrogens (tertiary/aromatic N) is 6. The largest absolute Gasteiger partial charge is 0.305 e. The minimum absolute atomic E-state index is 0.226. The number of rotatable bonds is 5. The summed E-state index contributed by atoms with van der Waals surface area (Å²) in [6.45, 7) is 0.726. The average molecular weight is 312 g/mol. The van der Waals surface area contributed by atoms with Crippen molar-refractivity contribution < 1.29 is 4.79 Å². The Labute approximate surface area is 132 Å². The average Bonchev–Trinajstić information content (AvgIpc) is 3.19. The molecule has 0 fully saturated rings. The standard InChI is InChI=1S/C14H16N8O/c1-21(2)8-11-7-13(18-17-11)16-14(23)10-3-5-12(6-4-10)22-9-15-19-20-22/h3-7,9H,8H2,1-2H3,(H2,16,17,18,23). The Morgan fingerprint density at radius 1 is 1.30 bits per heavy atom. The quantitative estimate of drug-likeness (QED) is 0.718. The number of anilines is 1. The lowest BCUT2D eigenvalue weighted by Crippen LogP contribution is -2.12. The Balaban J connectivity index is 1.67. The van der Waals surface area contributed by atoms with Crippen LogP contribution in [0.25, 0.3) is 5.69 Å². The van der Waals surface area contributed by atoms with Gasteiger partial charge in [-0.2, -0.15) is 5.10 Å². The fourth-order valence-corrected chi connectivity index (χ4v) is 2.08. The zero-order chi connectivity index (χ0) is 16.2. The summed E-state index contributed by atoms with van der Waals surface area (Å²) in [5.41, 5.74) is 2.23. The number of H-pyrrole nitrogens is 1. The molecule has 0 atom stereocenters. The molecule has 23 heavy (non-hydrogen) atoms. The molecule has 2 N–H and O–H groups in total. The zero-order valence-corrected chi connectivity index (χ0v) is 12.8. The van der Waals surface area contributed by atoms with Gasteiger partial charge < -0.3 is 10.2 Å². The van der Waals surface area contributed by atoms with Gasteiger partial charge in [-0.3, -0.25) is 9.89 Å². The van der Waals surface area contributed by atoms with Crippen molar-refractivity contribution >= 4 is 11.7 Å². The summed E-state index contributed by atoms with van der Waals surface area (Å²) in [4.78, 5) is 14.2. The van der Waals surface area contributed by atoms with Crippen molar-refractivity contribution in [3.63, 3.8) is 0 Å². The second-order valence-corrected chi connectivity index (χ2v) is 5.27. The van der Waals surface area contributed by atoms with Gasteiger partial charge in [0.05, 0.1) is 11.4 Å². The number of aromatic nitrogens is 6. The van der Waals surface area contributed by atoms with Gasteiger partial charge in [-0.05, 0) is 48.8 Å². The minimum atomic E-state index is -0.226. The molecule has 0 aliphatic rings. The van der Waals surface area contributed by atoms with Crippen molar-refractivity contribution in [1.82, 2.24) is 35.3 Å². The van der Waals surface area contributed by atoms with Crippen molar-refractivity contribution in [3.8, 4) is 5.69 Å². The van der Waals surface area contributed by atoms with Crippen LogP contribution >= 0.6 is 0 Å². The van der Waals surface area contributed by atoms with Gasteiger partial charge in [-0.25, -0.2) is 4.68 Å². The van der Waals surface area contributed by atoms with E-state index >= 15 is 0 Å². The van der Waals surface area contributed by atoms with Gasteiger partial charge in [-0.1, -0.05) is 0 Å². The molecule has 1 aromatic carbocycles. The molecule has 0 bridgehead atoms. The predicted molar refractivity (Wildman–Crippen MR) is 83.1 cm³/mol. The van der Waals surface area contributed by atoms with Gasteiger partial charge in [-0.15, -0.1) is 5.10 Å². The third-order valence-electron chi connectivity index (χ3n) is 3.10. The van der Waals surface area contributed by atoms with Crippen LogP contribution in [-0.4, -0.2) is 55.3 Å². The van der Waals surface area contributed by atoms with Crippen molar-refractivity contribution in [3.05, 3.63) is 47.9 Å². The van der Waals surface area contributed by atoms with Gasteiger partial charge in [0.25, 0.3) is 5.91 Å². The summed E-state index contributed by atoms with van der Waals surface area (Å²) in [5, 5.41) is 20.7. The molecule has 0 radical (unpaired) electrons. The molecular weight excluding hydrogens is 296 g/mol. The topological polar surface area (TPSA) is 105 Å². The third-order valence-corrected chi connectivity index (χ3v) is 3.10. The van der Waals surface area contributed by atoms with E-state index in [1.165, 1.54) is 11.0 Å². The van der Waals surface area contributed by atoms with E-state index in [9.17, 15) is 4.79 Å². The molecule has 0 aliphatic carbocycles. The molecule has 0 saturated heterocycles. The lowest BCUT2D eigenvalue weighted by atomic mass is 10.2. The van der Waals surface area contributed by atoms with Crippen LogP contribution in [0.3, 0.4) is 0 Å². The Morgan fingerprint density at radius 3 is 2.74 bits per heavy atom. The zero-order valence-electron chi connectivity index (χ0n) is 12.8. The number of aromatic amines is 1. The van der Waals surface area contributed by atoms with E-state index < -0.39 is 0 Å². The number of benzene rings is 1. The number of hydrogen-bond acceptors (Lipinski definition) is 6. The minimum Gasteiger partial charge on any atom is -0.305 e. The van der Waals surface area contributed by atoms with Crippen molar-refractivity contribution in [1.29, 1.82) is 0 Å². The summed E-state index contributed by atoms with van der Waals surface area (Å²) >= 11 is 0. The van der Waals surface area contributed by atoms with Crippen molar-refractivity contribution in [2.45, 2.75) is 6.54 Å². The molecule has 0 saturated carbocycles. The molecule has 0 spiro atoms. The highest BCUT2D eigenvalue weighted by atomic mass is 16.1. The first kappa shape index (κ1) is 14.9. The normalized spacial score (nSPS) is 10.9. The van der Waals surface area contributed by atoms with E-state index in [0.717, 1.165) is 17.9 Å². The van der Waals surface area contributed by atoms with Gasteiger partial charge in [0.1, 0.15) is 6.33 Å². The van der Waals surface area contributed by atoms with Crippen molar-refractivity contribution in [2.24, 2.45) is 0 Å². The Hall–Kier alpha value is -3.07. The molecule has 3 aromatic rings. The Morgan fingerprint density at radius 2 is 2.09 bits per heavy atom. The number of carbonyl (C=O) groups excluding carboxylic acids is 1. The Kier molecular flexibility index (Phi) is 4.11. The lowest BCUT2D eigenvalue weighted by molar-refractivity contribution is 0.102. The smallest absolute Gasteiger partial charge is 0.256 e. The Bertz CT molecular complexity index is 775. The predicted octanol–water partition coefficient (Wildman–Crippen LogP) is 0.699. The van der Waals surface area contributed by atoms with Crippen LogP contribution in [0.4, 0.5) is 5.82 Å². The van der Waals surface area contributed by atoms with Crippen LogP contribution in [0, 0.1) is 0 Å². The summed E-state index contributed by atoms with van der Waals surface area (Å²) in [5.74, 6) is 0.271. The van der Waals surface area contributed by atoms with Gasteiger partial charge >= 0.3 is 0 Å². The summed E-state index contributed by atoms with van der Waals surface area (Å²) in [6, 6.07) is 8.77. The highest BCUT2D eigenvalue weighted by Crippen LogP contribution is 2.11. The first-order chi connectivity index (χ1) is 11.1. The van der Waals surface area contributed by atoms with Crippen LogP contribution in [0.15, 0.2) is 36.7 Å². The van der Waals surface area contributed by atoms with Gasteiger partial charge in [0, 0.05) is 18.2 Å². The van der Waals surface area contributed by atoms with E-state index in [-0.39, 0.29) is 5.91 Å². The monoisotopic (exact) mass is 312 g/mol. The molecule has 2 aromatic heterocycles. The highest BCUT2D eigenvalue weighted by Gasteiger charge is 2.09. The first-order valence-electron chi connectivity index (χ1n) is 6.95. The van der Waals surface area contributed by atoms with Crippen LogP contribution in [0.5, 0.6) is 0 Å². The summed E-state index contributed by atoms with van der Waals surface area (Å²) < 4.78 is 1.52. The fourth-order valence-electron chi connectivity index (χ4n) is 2.08. The molecule has 9 heteroatoms. The van der Waals surface area contributed by atoms with Crippen LogP contribution < -0.4 is 5.32 Å². The fraction of sp³-hybridized carbons (Fsp3) is 0.214. The molecule has 1 amide bonds. The number of tetrazole rings is 1. The van der Waals surface area contributed by atoms with Crippen LogP contribution in [0.2, 0.25) is 0 Å². The second-order valence-electron chi connectivity index (χ2n) is 5.27. The van der Waals surface area contributed by atoms with Gasteiger partial charge in [0.2, 0.25) is 0 Å². The summed E-state index contributed by atoms with van der Waals surface area (Å²) in [7, 11) is 3.93. The maximum absolute atomic E-state index is 12.2. The van der Waals surface area contributed by atoms with Crippen molar-refractivity contribution in [2.75, 3.05) is 19.4 Å². The van der Waals surface area contributed by atoms with E-state index in [4.69, 9.17) is 0 Å². The third kappa shape index (κ3) is 3.58. The maximum Gasteiger partial charge on any atom is 0.256 e. The van der Waals surface area contributed by atoms with Crippen LogP contribution in [-0.2, 0) is 6.54 Å². The van der Waals surface area contributed by atoms with E-state index in [1.54, 1.807) is 24.3 Å². The van der Waals surface area contributed by atoms with E-state index in [2.05, 4.69) is 31.0 Å². The molecule has 0 unspecified atom stereocenters.